The van der Waals surface area contributed by atoms with Crippen LogP contribution in [0.4, 0.5) is 0 Å². The highest BCUT2D eigenvalue weighted by molar-refractivity contribution is 8.00. The first-order chi connectivity index (χ1) is 5.77. The quantitative estimate of drug-likeness (QED) is 0.616. The first-order valence-electron chi connectivity index (χ1n) is 3.43. The molecule has 0 saturated heterocycles. The molecule has 0 radical (unpaired) electrons. The lowest BCUT2D eigenvalue weighted by molar-refractivity contribution is 0.960. The fourth-order valence-corrected chi connectivity index (χ4v) is 2.12. The van der Waals surface area contributed by atoms with Crippen molar-refractivity contribution in [1.29, 1.82) is 0 Å². The van der Waals surface area contributed by atoms with Gasteiger partial charge in [-0.1, -0.05) is 35.3 Å². The van der Waals surface area contributed by atoms with Gasteiger partial charge in [-0.25, -0.2) is 0 Å². The second kappa shape index (κ2) is 4.74. The summed E-state index contributed by atoms with van der Waals surface area (Å²) in [5.74, 6) is 0. The second-order valence-corrected chi connectivity index (χ2v) is 4.38. The molecule has 0 amide bonds. The van der Waals surface area contributed by atoms with E-state index in [0.29, 0.717) is 4.99 Å². The molecule has 0 spiro atoms. The molecule has 0 atom stereocenters. The third-order valence-corrected chi connectivity index (χ3v) is 3.50. The molecule has 3 nitrogen and oxygen atoms in total. The lowest BCUT2D eigenvalue weighted by Crippen LogP contribution is -2.21. The standard InChI is InChI=1S/C6H9N3S3/c1-3-7-4(10)5-8-9-6(11-2)12-5/h3H2,1-2H3,(H,7,10). The summed E-state index contributed by atoms with van der Waals surface area (Å²) < 4.78 is 0.949. The highest BCUT2D eigenvalue weighted by Crippen LogP contribution is 2.19. The van der Waals surface area contributed by atoms with E-state index in [2.05, 4.69) is 15.5 Å². The van der Waals surface area contributed by atoms with E-state index in [4.69, 9.17) is 12.2 Å². The van der Waals surface area contributed by atoms with Crippen molar-refractivity contribution in [2.75, 3.05) is 12.8 Å². The van der Waals surface area contributed by atoms with Crippen LogP contribution in [0.2, 0.25) is 0 Å². The maximum Gasteiger partial charge on any atom is 0.175 e. The SMILES string of the molecule is CCNC(=S)c1nnc(SC)s1. The molecule has 1 heterocycles. The Morgan fingerprint density at radius 3 is 2.92 bits per heavy atom. The number of hydrogen-bond acceptors (Lipinski definition) is 5. The zero-order chi connectivity index (χ0) is 8.97. The lowest BCUT2D eigenvalue weighted by atomic mass is 10.6. The van der Waals surface area contributed by atoms with Gasteiger partial charge in [0.25, 0.3) is 0 Å². The average Bonchev–Trinajstić information content (AvgIpc) is 2.52. The lowest BCUT2D eigenvalue weighted by Gasteiger charge is -1.97. The van der Waals surface area contributed by atoms with E-state index in [-0.39, 0.29) is 0 Å². The molecule has 12 heavy (non-hydrogen) atoms. The smallest absolute Gasteiger partial charge is 0.175 e. The highest BCUT2D eigenvalue weighted by Gasteiger charge is 2.06. The Bertz CT molecular complexity index is 271. The molecular weight excluding hydrogens is 210 g/mol. The largest absolute Gasteiger partial charge is 0.374 e. The Morgan fingerprint density at radius 1 is 1.67 bits per heavy atom. The number of aromatic nitrogens is 2. The summed E-state index contributed by atoms with van der Waals surface area (Å²) in [6, 6.07) is 0. The number of thioether (sulfide) groups is 1. The Labute approximate surface area is 85.0 Å². The summed E-state index contributed by atoms with van der Waals surface area (Å²) in [4.78, 5) is 0.690. The molecule has 1 rings (SSSR count). The Balaban J connectivity index is 2.68. The number of nitrogens with one attached hydrogen (secondary N) is 1. The molecule has 0 saturated carbocycles. The summed E-state index contributed by atoms with van der Waals surface area (Å²) in [6.07, 6.45) is 1.97. The maximum absolute atomic E-state index is 5.07. The molecule has 0 aliphatic carbocycles. The van der Waals surface area contributed by atoms with E-state index in [1.165, 1.54) is 11.3 Å². The molecule has 1 N–H and O–H groups in total. The van der Waals surface area contributed by atoms with E-state index >= 15 is 0 Å². The fourth-order valence-electron chi connectivity index (χ4n) is 0.620. The number of nitrogens with zero attached hydrogens (tertiary/aromatic N) is 2. The summed E-state index contributed by atoms with van der Waals surface area (Å²) in [7, 11) is 0. The highest BCUT2D eigenvalue weighted by atomic mass is 32.2. The molecule has 6 heteroatoms. The van der Waals surface area contributed by atoms with Gasteiger partial charge in [0, 0.05) is 6.54 Å². The second-order valence-electron chi connectivity index (χ2n) is 1.94. The van der Waals surface area contributed by atoms with Gasteiger partial charge in [-0.15, -0.1) is 10.2 Å². The molecule has 66 valence electrons. The van der Waals surface area contributed by atoms with Crippen LogP contribution in [0.25, 0.3) is 0 Å². The van der Waals surface area contributed by atoms with Gasteiger partial charge in [-0.05, 0) is 13.2 Å². The Kier molecular flexibility index (Phi) is 3.90. The number of rotatable bonds is 3. The first kappa shape index (κ1) is 9.88. The molecular formula is C6H9N3S3. The zero-order valence-corrected chi connectivity index (χ0v) is 9.28. The van der Waals surface area contributed by atoms with Gasteiger partial charge in [0.2, 0.25) is 0 Å². The van der Waals surface area contributed by atoms with Crippen LogP contribution in [-0.2, 0) is 0 Å². The third-order valence-electron chi connectivity index (χ3n) is 1.11. The molecule has 0 aliphatic rings. The normalized spacial score (nSPS) is 9.83. The maximum atomic E-state index is 5.07. The molecule has 0 aromatic carbocycles. The van der Waals surface area contributed by atoms with Crippen LogP contribution in [0.1, 0.15) is 11.9 Å². The summed E-state index contributed by atoms with van der Waals surface area (Å²) >= 11 is 8.17. The van der Waals surface area contributed by atoms with Crippen LogP contribution in [-0.4, -0.2) is 28.0 Å². The summed E-state index contributed by atoms with van der Waals surface area (Å²) in [5.41, 5.74) is 0. The van der Waals surface area contributed by atoms with Crippen LogP contribution in [0.15, 0.2) is 4.34 Å². The predicted molar refractivity (Wildman–Crippen MR) is 57.1 cm³/mol. The van der Waals surface area contributed by atoms with Crippen molar-refractivity contribution in [2.24, 2.45) is 0 Å². The minimum atomic E-state index is 0.690. The van der Waals surface area contributed by atoms with Gasteiger partial charge in [-0.3, -0.25) is 0 Å². The van der Waals surface area contributed by atoms with Crippen molar-refractivity contribution >= 4 is 40.3 Å². The van der Waals surface area contributed by atoms with Crippen molar-refractivity contribution in [2.45, 2.75) is 11.3 Å². The van der Waals surface area contributed by atoms with Crippen LogP contribution < -0.4 is 5.32 Å². The van der Waals surface area contributed by atoms with Crippen LogP contribution >= 0.6 is 35.3 Å². The minimum Gasteiger partial charge on any atom is -0.374 e. The van der Waals surface area contributed by atoms with Crippen LogP contribution in [0.5, 0.6) is 0 Å². The van der Waals surface area contributed by atoms with Crippen molar-refractivity contribution in [3.05, 3.63) is 5.01 Å². The van der Waals surface area contributed by atoms with E-state index in [9.17, 15) is 0 Å². The van der Waals surface area contributed by atoms with Gasteiger partial charge in [0.15, 0.2) is 9.35 Å². The molecule has 1 aromatic heterocycles. The number of hydrogen-bond donors (Lipinski definition) is 1. The van der Waals surface area contributed by atoms with Gasteiger partial charge in [-0.2, -0.15) is 0 Å². The monoisotopic (exact) mass is 219 g/mol. The van der Waals surface area contributed by atoms with Gasteiger partial charge >= 0.3 is 0 Å². The van der Waals surface area contributed by atoms with Crippen molar-refractivity contribution in [3.63, 3.8) is 0 Å². The van der Waals surface area contributed by atoms with Crippen LogP contribution in [0.3, 0.4) is 0 Å². The average molecular weight is 219 g/mol. The van der Waals surface area contributed by atoms with E-state index < -0.39 is 0 Å². The Hall–Kier alpha value is -0.200. The Morgan fingerprint density at radius 2 is 2.42 bits per heavy atom. The zero-order valence-electron chi connectivity index (χ0n) is 6.83. The van der Waals surface area contributed by atoms with Crippen LogP contribution in [0, 0.1) is 0 Å². The molecule has 0 bridgehead atoms. The molecule has 0 aliphatic heterocycles. The number of thiocarbonyl (C=S) groups is 1. The van der Waals surface area contributed by atoms with E-state index in [1.807, 2.05) is 13.2 Å². The van der Waals surface area contributed by atoms with Crippen molar-refractivity contribution in [1.82, 2.24) is 15.5 Å². The van der Waals surface area contributed by atoms with Gasteiger partial charge in [0.1, 0.15) is 4.99 Å². The predicted octanol–water partition coefficient (Wildman–Crippen LogP) is 1.54. The molecule has 1 aromatic rings. The topological polar surface area (TPSA) is 37.8 Å². The van der Waals surface area contributed by atoms with Gasteiger partial charge in [0.05, 0.1) is 0 Å². The van der Waals surface area contributed by atoms with E-state index in [0.717, 1.165) is 15.9 Å². The van der Waals surface area contributed by atoms with Gasteiger partial charge < -0.3 is 5.32 Å². The fraction of sp³-hybridized carbons (Fsp3) is 0.500. The van der Waals surface area contributed by atoms with E-state index in [1.54, 1.807) is 11.8 Å². The summed E-state index contributed by atoms with van der Waals surface area (Å²) in [5, 5.41) is 11.7. The third kappa shape index (κ3) is 2.40. The molecule has 0 fully saturated rings. The summed E-state index contributed by atoms with van der Waals surface area (Å²) in [6.45, 7) is 2.83. The van der Waals surface area contributed by atoms with Crippen molar-refractivity contribution in [3.8, 4) is 0 Å². The minimum absolute atomic E-state index is 0.690. The first-order valence-corrected chi connectivity index (χ1v) is 5.88. The van der Waals surface area contributed by atoms with Crippen molar-refractivity contribution < 1.29 is 0 Å². The molecule has 0 unspecified atom stereocenters.